The van der Waals surface area contributed by atoms with Crippen molar-refractivity contribution in [3.05, 3.63) is 77.7 Å². The highest BCUT2D eigenvalue weighted by Crippen LogP contribution is 2.16. The first kappa shape index (κ1) is 18.8. The van der Waals surface area contributed by atoms with Crippen LogP contribution in [0.3, 0.4) is 0 Å². The molecule has 0 atom stereocenters. The number of aryl methyl sites for hydroxylation is 1. The van der Waals surface area contributed by atoms with Crippen molar-refractivity contribution < 1.29 is 18.4 Å². The number of ether oxygens (including phenoxy) is 1. The molecule has 0 unspecified atom stereocenters. The number of hydrogen-bond donors (Lipinski definition) is 0. The van der Waals surface area contributed by atoms with Crippen molar-refractivity contribution in [3.63, 3.8) is 0 Å². The molecule has 4 rings (SSSR count). The van der Waals surface area contributed by atoms with Crippen LogP contribution in [0.25, 0.3) is 0 Å². The zero-order chi connectivity index (χ0) is 20.1. The van der Waals surface area contributed by atoms with Gasteiger partial charge in [0.1, 0.15) is 11.6 Å². The smallest absolute Gasteiger partial charge is 0.243 e. The molecule has 0 N–H and O–H groups in total. The Morgan fingerprint density at radius 1 is 1.14 bits per heavy atom. The fraction of sp³-hybridized carbons (Fsp3) is 0.238. The summed E-state index contributed by atoms with van der Waals surface area (Å²) in [6, 6.07) is 15.5. The normalized spacial score (nSPS) is 13.4. The Bertz CT molecular complexity index is 1000. The minimum absolute atomic E-state index is 0.0850. The van der Waals surface area contributed by atoms with E-state index >= 15 is 0 Å². The predicted octanol–water partition coefficient (Wildman–Crippen LogP) is 3.36. The summed E-state index contributed by atoms with van der Waals surface area (Å²) in [5, 5.41) is 9.77. The molecule has 29 heavy (non-hydrogen) atoms. The van der Waals surface area contributed by atoms with Gasteiger partial charge in [-0.05, 0) is 29.8 Å². The maximum absolute atomic E-state index is 12.9. The van der Waals surface area contributed by atoms with Crippen molar-refractivity contribution in [3.8, 4) is 5.75 Å². The zero-order valence-corrected chi connectivity index (χ0v) is 15.6. The molecule has 7 nitrogen and oxygen atoms in total. The van der Waals surface area contributed by atoms with Gasteiger partial charge in [0.25, 0.3) is 0 Å². The van der Waals surface area contributed by atoms with E-state index in [2.05, 4.69) is 15.2 Å². The molecular weight excluding hydrogens is 375 g/mol. The lowest BCUT2D eigenvalue weighted by molar-refractivity contribution is -0.130. The Balaban J connectivity index is 1.27. The third-order valence-electron chi connectivity index (χ3n) is 4.44. The highest BCUT2D eigenvalue weighted by Gasteiger charge is 2.22. The van der Waals surface area contributed by atoms with Crippen LogP contribution < -0.4 is 4.74 Å². The minimum Gasteiger partial charge on any atom is -0.485 e. The Morgan fingerprint density at radius 2 is 1.93 bits per heavy atom. The number of halogens is 1. The van der Waals surface area contributed by atoms with E-state index in [-0.39, 0.29) is 24.8 Å². The molecule has 1 aromatic heterocycles. The van der Waals surface area contributed by atoms with Gasteiger partial charge in [0, 0.05) is 19.3 Å². The van der Waals surface area contributed by atoms with Crippen LogP contribution in [0.4, 0.5) is 4.39 Å². The van der Waals surface area contributed by atoms with Crippen LogP contribution in [-0.4, -0.2) is 33.3 Å². The van der Waals surface area contributed by atoms with Gasteiger partial charge >= 0.3 is 0 Å². The monoisotopic (exact) mass is 394 g/mol. The third-order valence-corrected chi connectivity index (χ3v) is 4.44. The second-order valence-corrected chi connectivity index (χ2v) is 6.53. The lowest BCUT2D eigenvalue weighted by atomic mass is 10.1. The van der Waals surface area contributed by atoms with E-state index in [4.69, 9.17) is 9.26 Å². The van der Waals surface area contributed by atoms with Gasteiger partial charge in [0.15, 0.2) is 6.61 Å². The zero-order valence-electron chi connectivity index (χ0n) is 15.6. The van der Waals surface area contributed by atoms with Crippen molar-refractivity contribution >= 4 is 11.6 Å². The quantitative estimate of drug-likeness (QED) is 0.614. The predicted molar refractivity (Wildman–Crippen MR) is 103 cm³/mol. The molecule has 0 spiro atoms. The summed E-state index contributed by atoms with van der Waals surface area (Å²) in [4.78, 5) is 16.6. The van der Waals surface area contributed by atoms with E-state index < -0.39 is 0 Å². The van der Waals surface area contributed by atoms with Gasteiger partial charge < -0.3 is 9.26 Å². The summed E-state index contributed by atoms with van der Waals surface area (Å²) in [6.07, 6.45) is 1.29. The molecule has 1 aliphatic rings. The Labute approximate surface area is 166 Å². The minimum atomic E-state index is -0.331. The average molecular weight is 394 g/mol. The van der Waals surface area contributed by atoms with Gasteiger partial charge in [-0.15, -0.1) is 0 Å². The summed E-state index contributed by atoms with van der Waals surface area (Å²) >= 11 is 0. The molecule has 0 saturated heterocycles. The Hall–Kier alpha value is -3.55. The second-order valence-electron chi connectivity index (χ2n) is 6.53. The molecule has 0 aliphatic carbocycles. The number of hydrogen-bond acceptors (Lipinski definition) is 6. The van der Waals surface area contributed by atoms with Crippen molar-refractivity contribution in [1.82, 2.24) is 15.1 Å². The van der Waals surface area contributed by atoms with E-state index in [0.29, 0.717) is 30.4 Å². The molecule has 0 radical (unpaired) electrons. The third kappa shape index (κ3) is 4.84. The van der Waals surface area contributed by atoms with Crippen LogP contribution >= 0.6 is 0 Å². The van der Waals surface area contributed by atoms with Crippen molar-refractivity contribution in [2.75, 3.05) is 6.54 Å². The van der Waals surface area contributed by atoms with Crippen LogP contribution in [0.2, 0.25) is 0 Å². The van der Waals surface area contributed by atoms with Crippen molar-refractivity contribution in [1.29, 1.82) is 0 Å². The second kappa shape index (κ2) is 8.64. The largest absolute Gasteiger partial charge is 0.485 e. The summed E-state index contributed by atoms with van der Waals surface area (Å²) in [6.45, 7) is 0.670. The Kier molecular flexibility index (Phi) is 5.60. The number of rotatable bonds is 7. The molecule has 1 aliphatic heterocycles. The first-order valence-corrected chi connectivity index (χ1v) is 9.30. The molecule has 0 bridgehead atoms. The van der Waals surface area contributed by atoms with Crippen LogP contribution in [0.1, 0.15) is 30.1 Å². The fourth-order valence-corrected chi connectivity index (χ4v) is 2.94. The van der Waals surface area contributed by atoms with Crippen LogP contribution in [-0.2, 0) is 17.8 Å². The average Bonchev–Trinajstić information content (AvgIpc) is 3.42. The van der Waals surface area contributed by atoms with E-state index in [1.54, 1.807) is 0 Å². The van der Waals surface area contributed by atoms with Crippen molar-refractivity contribution in [2.45, 2.75) is 25.9 Å². The number of benzene rings is 2. The molecule has 1 amide bonds. The Morgan fingerprint density at radius 3 is 2.72 bits per heavy atom. The highest BCUT2D eigenvalue weighted by atomic mass is 19.1. The van der Waals surface area contributed by atoms with E-state index in [1.165, 1.54) is 29.3 Å². The summed E-state index contributed by atoms with van der Waals surface area (Å²) < 4.78 is 23.5. The maximum atomic E-state index is 12.9. The van der Waals surface area contributed by atoms with Crippen LogP contribution in [0.5, 0.6) is 5.75 Å². The number of amides is 1. The molecule has 148 valence electrons. The fourth-order valence-electron chi connectivity index (χ4n) is 2.94. The molecular formula is C21H19FN4O3. The van der Waals surface area contributed by atoms with E-state index in [1.807, 2.05) is 30.3 Å². The van der Waals surface area contributed by atoms with E-state index in [9.17, 15) is 9.18 Å². The van der Waals surface area contributed by atoms with Gasteiger partial charge in [0.05, 0.1) is 12.3 Å². The number of hydrazone groups is 1. The lowest BCUT2D eigenvalue weighted by Crippen LogP contribution is -2.23. The van der Waals surface area contributed by atoms with Crippen molar-refractivity contribution in [2.24, 2.45) is 5.10 Å². The lowest BCUT2D eigenvalue weighted by Gasteiger charge is -2.09. The van der Waals surface area contributed by atoms with Crippen LogP contribution in [0.15, 0.2) is 64.2 Å². The van der Waals surface area contributed by atoms with Gasteiger partial charge in [-0.3, -0.25) is 4.79 Å². The topological polar surface area (TPSA) is 80.8 Å². The standard InChI is InChI=1S/C21H19FN4O3/c22-16-6-8-17(9-7-16)28-14-19-23-20(29-25-19)10-11-21(27)26-13-12-18(24-26)15-4-2-1-3-5-15/h1-9H,10-14H2. The first-order chi connectivity index (χ1) is 14.2. The summed E-state index contributed by atoms with van der Waals surface area (Å²) in [5.74, 6) is 0.819. The van der Waals surface area contributed by atoms with Gasteiger partial charge in [-0.25, -0.2) is 9.40 Å². The maximum Gasteiger partial charge on any atom is 0.243 e. The first-order valence-electron chi connectivity index (χ1n) is 9.30. The molecule has 3 aromatic rings. The molecule has 0 saturated carbocycles. The molecule has 0 fully saturated rings. The number of carbonyl (C=O) groups is 1. The SMILES string of the molecule is O=C(CCc1nc(COc2ccc(F)cc2)no1)N1CCC(c2ccccc2)=N1. The summed E-state index contributed by atoms with van der Waals surface area (Å²) in [5.41, 5.74) is 1.95. The summed E-state index contributed by atoms with van der Waals surface area (Å²) in [7, 11) is 0. The molecule has 2 heterocycles. The highest BCUT2D eigenvalue weighted by molar-refractivity contribution is 6.02. The molecule has 8 heteroatoms. The van der Waals surface area contributed by atoms with E-state index in [0.717, 1.165) is 17.7 Å². The van der Waals surface area contributed by atoms with Gasteiger partial charge in [0.2, 0.25) is 17.6 Å². The van der Waals surface area contributed by atoms with Gasteiger partial charge in [-0.2, -0.15) is 10.1 Å². The number of nitrogens with zero attached hydrogens (tertiary/aromatic N) is 4. The van der Waals surface area contributed by atoms with Crippen LogP contribution in [0, 0.1) is 5.82 Å². The number of aromatic nitrogens is 2. The number of carbonyl (C=O) groups excluding carboxylic acids is 1. The van der Waals surface area contributed by atoms with Gasteiger partial charge in [-0.1, -0.05) is 35.5 Å². The molecule has 2 aromatic carbocycles.